The van der Waals surface area contributed by atoms with Gasteiger partial charge in [-0.3, -0.25) is 68.3 Å². The van der Waals surface area contributed by atoms with Crippen LogP contribution in [0.15, 0.2) is 110 Å². The second-order valence-electron chi connectivity index (χ2n) is 21.4. The first kappa shape index (κ1) is 64.3. The summed E-state index contributed by atoms with van der Waals surface area (Å²) < 4.78 is 0. The summed E-state index contributed by atoms with van der Waals surface area (Å²) in [5, 5.41) is 18.9. The molecule has 9 heterocycles. The lowest BCUT2D eigenvalue weighted by atomic mass is 9.92. The molecule has 0 spiro atoms. The molecule has 3 aliphatic heterocycles. The second-order valence-corrected chi connectivity index (χ2v) is 21.4. The number of amides is 8. The Hall–Kier alpha value is -9.91. The number of aliphatic carboxylic acids is 1. The summed E-state index contributed by atoms with van der Waals surface area (Å²) >= 11 is 0. The van der Waals surface area contributed by atoms with Crippen molar-refractivity contribution < 1.29 is 48.3 Å². The molecule has 11 N–H and O–H groups in total. The molecule has 3 aliphatic rings. The number of nitrogens with two attached hydrogens (primary N) is 3. The van der Waals surface area contributed by atoms with E-state index in [4.69, 9.17) is 22.3 Å². The maximum Gasteiger partial charge on any atom is 0.394 e. The van der Waals surface area contributed by atoms with E-state index < -0.39 is 53.2 Å². The van der Waals surface area contributed by atoms with E-state index in [1.807, 2.05) is 49.6 Å². The molecule has 25 nitrogen and oxygen atoms in total. The normalized spacial score (nSPS) is 18.8. The number of hydrogen-bond donors (Lipinski definition) is 8. The van der Waals surface area contributed by atoms with Gasteiger partial charge < -0.3 is 53.4 Å². The number of pyridine rings is 6. The molecule has 3 fully saturated rings. The summed E-state index contributed by atoms with van der Waals surface area (Å²) in [4.78, 5) is 133. The Morgan fingerprint density at radius 1 is 0.471 bits per heavy atom. The molecule has 0 aromatic carbocycles. The molecule has 0 aliphatic carbocycles. The van der Waals surface area contributed by atoms with Crippen molar-refractivity contribution in [1.82, 2.24) is 45.0 Å². The van der Waals surface area contributed by atoms with Crippen molar-refractivity contribution >= 4 is 70.3 Å². The Morgan fingerprint density at radius 3 is 1.14 bits per heavy atom. The highest BCUT2D eigenvalue weighted by Gasteiger charge is 2.36. The van der Waals surface area contributed by atoms with Gasteiger partial charge in [0.25, 0.3) is 0 Å². The van der Waals surface area contributed by atoms with Crippen LogP contribution >= 0.6 is 0 Å². The van der Waals surface area contributed by atoms with E-state index >= 15 is 0 Å². The SMILES string of the molecule is Cc1ccc(C2CCC(C)CN2)nc1.Cc1ccc([C@H]2CC[C@@H](C)CN2C(=O)C(=O)Nc2cncc(C(N)=O)c2)nc1.Cc1ccc([C@H]2CC[C@H](C)CN2C(=O)C(=O)Nc2cncc(C(N)=O)c2)nc1.NC(=O)c1cncc(NC(=O)C(=O)O)c1. The maximum atomic E-state index is 12.9. The van der Waals surface area contributed by atoms with Gasteiger partial charge in [0.2, 0.25) is 17.7 Å². The summed E-state index contributed by atoms with van der Waals surface area (Å²) in [6.45, 7) is 14.5. The van der Waals surface area contributed by atoms with Crippen molar-refractivity contribution in [3.8, 4) is 0 Å². The topological polar surface area (TPSA) is 384 Å². The van der Waals surface area contributed by atoms with Crippen molar-refractivity contribution in [2.75, 3.05) is 35.6 Å². The number of likely N-dealkylation sites (tertiary alicyclic amines) is 2. The molecule has 0 radical (unpaired) electrons. The van der Waals surface area contributed by atoms with Gasteiger partial charge in [0.05, 0.1) is 81.5 Å². The van der Waals surface area contributed by atoms with Crippen LogP contribution in [-0.2, 0) is 28.8 Å². The van der Waals surface area contributed by atoms with Gasteiger partial charge in [-0.05, 0) is 137 Å². The minimum Gasteiger partial charge on any atom is -0.474 e. The summed E-state index contributed by atoms with van der Waals surface area (Å²) in [6.07, 6.45) is 19.1. The Morgan fingerprint density at radius 2 is 0.824 bits per heavy atom. The lowest BCUT2D eigenvalue weighted by Crippen LogP contribution is -2.46. The third kappa shape index (κ3) is 19.1. The number of nitrogens with one attached hydrogen (secondary N) is 4. The molecular weight excluding hydrogens is 1090 g/mol. The molecule has 2 unspecified atom stereocenters. The van der Waals surface area contributed by atoms with Gasteiger partial charge in [-0.1, -0.05) is 39.0 Å². The number of primary amides is 3. The Bertz CT molecular complexity index is 3210. The first-order chi connectivity index (χ1) is 40.4. The van der Waals surface area contributed by atoms with Crippen LogP contribution in [0.3, 0.4) is 0 Å². The van der Waals surface area contributed by atoms with E-state index in [0.717, 1.165) is 60.7 Å². The number of rotatable bonds is 9. The van der Waals surface area contributed by atoms with Crippen molar-refractivity contribution in [3.63, 3.8) is 0 Å². The number of nitrogens with zero attached hydrogens (tertiary/aromatic N) is 8. The van der Waals surface area contributed by atoms with E-state index in [-0.39, 0.29) is 45.8 Å². The van der Waals surface area contributed by atoms with Crippen LogP contribution in [0.25, 0.3) is 0 Å². The predicted molar refractivity (Wildman–Crippen MR) is 314 cm³/mol. The summed E-state index contributed by atoms with van der Waals surface area (Å²) in [6, 6.07) is 16.0. The largest absolute Gasteiger partial charge is 0.474 e. The molecule has 6 aromatic heterocycles. The number of anilines is 3. The maximum absolute atomic E-state index is 12.9. The fourth-order valence-corrected chi connectivity index (χ4v) is 9.40. The molecule has 446 valence electrons. The molecule has 8 amide bonds. The molecule has 9 rings (SSSR count). The highest BCUT2D eigenvalue weighted by Crippen LogP contribution is 2.34. The quantitative estimate of drug-likeness (QED) is 0.0851. The van der Waals surface area contributed by atoms with Crippen LogP contribution in [0.4, 0.5) is 17.1 Å². The van der Waals surface area contributed by atoms with Gasteiger partial charge in [-0.15, -0.1) is 0 Å². The van der Waals surface area contributed by atoms with Crippen LogP contribution in [0.5, 0.6) is 0 Å². The van der Waals surface area contributed by atoms with Gasteiger partial charge in [0.15, 0.2) is 0 Å². The van der Waals surface area contributed by atoms with E-state index in [2.05, 4.69) is 85.7 Å². The first-order valence-corrected chi connectivity index (χ1v) is 27.5. The van der Waals surface area contributed by atoms with Crippen molar-refractivity contribution in [3.05, 3.63) is 161 Å². The zero-order chi connectivity index (χ0) is 61.9. The number of hydrogen-bond acceptors (Lipinski definition) is 16. The average Bonchev–Trinajstić information content (AvgIpc) is 3.69. The summed E-state index contributed by atoms with van der Waals surface area (Å²) in [5.74, 6) is -6.31. The highest BCUT2D eigenvalue weighted by atomic mass is 16.4. The van der Waals surface area contributed by atoms with E-state index in [0.29, 0.717) is 31.0 Å². The fraction of sp³-hybridized carbons (Fsp3) is 0.350. The predicted octanol–water partition coefficient (Wildman–Crippen LogP) is 5.30. The molecule has 0 bridgehead atoms. The zero-order valence-corrected chi connectivity index (χ0v) is 48.2. The fourth-order valence-electron chi connectivity index (χ4n) is 9.40. The molecule has 25 heteroatoms. The molecule has 0 saturated carbocycles. The van der Waals surface area contributed by atoms with Crippen LogP contribution < -0.4 is 38.5 Å². The molecule has 6 atom stereocenters. The third-order valence-electron chi connectivity index (χ3n) is 14.1. The van der Waals surface area contributed by atoms with Crippen molar-refractivity contribution in [2.24, 2.45) is 35.0 Å². The van der Waals surface area contributed by atoms with Crippen LogP contribution in [0.1, 0.15) is 142 Å². The molecule has 3 saturated heterocycles. The third-order valence-corrected chi connectivity index (χ3v) is 14.1. The van der Waals surface area contributed by atoms with Crippen LogP contribution in [0.2, 0.25) is 0 Å². The van der Waals surface area contributed by atoms with Gasteiger partial charge in [0, 0.05) is 56.3 Å². The minimum atomic E-state index is -1.63. The Labute approximate surface area is 491 Å². The first-order valence-electron chi connectivity index (χ1n) is 27.5. The summed E-state index contributed by atoms with van der Waals surface area (Å²) in [5.41, 5.74) is 22.4. The lowest BCUT2D eigenvalue weighted by Gasteiger charge is -2.37. The number of carboxylic acids is 1. The van der Waals surface area contributed by atoms with Gasteiger partial charge in [-0.2, -0.15) is 0 Å². The number of aryl methyl sites for hydroxylation is 3. The number of carboxylic acid groups (broad SMARTS) is 1. The molecule has 85 heavy (non-hydrogen) atoms. The van der Waals surface area contributed by atoms with Gasteiger partial charge in [-0.25, -0.2) is 4.79 Å². The minimum absolute atomic E-state index is 0.0817. The number of carbonyl (C=O) groups excluding carboxylic acids is 8. The monoisotopic (exact) mass is 1160 g/mol. The van der Waals surface area contributed by atoms with Crippen molar-refractivity contribution in [1.29, 1.82) is 0 Å². The zero-order valence-electron chi connectivity index (χ0n) is 48.2. The van der Waals surface area contributed by atoms with E-state index in [1.165, 1.54) is 79.5 Å². The standard InChI is InChI=1S/2C20H23N5O3.C12H18N2.C8H7N3O4/c2*1-12-3-5-16(23-8-12)17-6-4-13(2)11-25(17)20(28)19(27)24-15-7-14(18(21)26)9-22-10-15;1-9-3-5-11(13-7-9)12-6-4-10(2)8-14-12;9-6(12)4-1-5(3-10-2-4)11-7(13)8(14)15/h2*3,5,7-10,13,17H,4,6,11H2,1-2H3,(H2,21,26)(H,24,27);3,5,7,10,12,14H,4,6,8H2,1-2H3;1-3H,(H2,9,12)(H,11,13)(H,14,15)/t13-,17+;13-,17-;;/m01../s1. The van der Waals surface area contributed by atoms with Gasteiger partial charge in [0.1, 0.15) is 0 Å². The Balaban J connectivity index is 0.000000190. The number of carbonyl (C=O) groups is 9. The summed E-state index contributed by atoms with van der Waals surface area (Å²) in [7, 11) is 0. The molecule has 6 aromatic rings. The highest BCUT2D eigenvalue weighted by molar-refractivity contribution is 6.40. The van der Waals surface area contributed by atoms with Crippen LogP contribution in [-0.4, -0.2) is 118 Å². The van der Waals surface area contributed by atoms with E-state index in [1.54, 1.807) is 22.2 Å². The number of aromatic nitrogens is 6. The van der Waals surface area contributed by atoms with Crippen molar-refractivity contribution in [2.45, 2.75) is 98.2 Å². The van der Waals surface area contributed by atoms with E-state index in [9.17, 15) is 43.2 Å². The lowest BCUT2D eigenvalue weighted by molar-refractivity contribution is -0.147. The van der Waals surface area contributed by atoms with Crippen LogP contribution in [0, 0.1) is 38.5 Å². The Kier molecular flexibility index (Phi) is 23.0. The smallest absolute Gasteiger partial charge is 0.394 e. The molecular formula is C60H71N15O10. The average molecular weight is 1160 g/mol. The number of piperidine rings is 3. The second kappa shape index (κ2) is 30.4. The van der Waals surface area contributed by atoms with Gasteiger partial charge >= 0.3 is 35.5 Å².